The van der Waals surface area contributed by atoms with Crippen molar-refractivity contribution in [1.82, 2.24) is 24.6 Å². The van der Waals surface area contributed by atoms with Gasteiger partial charge in [0.1, 0.15) is 29.8 Å². The molecule has 0 aliphatic carbocycles. The number of rotatable bonds is 5. The number of carbonyl (C=O) groups is 2. The van der Waals surface area contributed by atoms with Crippen LogP contribution in [-0.4, -0.2) is 60.5 Å². The van der Waals surface area contributed by atoms with Crippen molar-refractivity contribution in [2.45, 2.75) is 58.2 Å². The maximum atomic E-state index is 14.9. The van der Waals surface area contributed by atoms with E-state index in [4.69, 9.17) is 4.74 Å². The molecule has 0 radical (unpaired) electrons. The van der Waals surface area contributed by atoms with Crippen molar-refractivity contribution in [1.29, 1.82) is 0 Å². The van der Waals surface area contributed by atoms with Crippen LogP contribution in [0, 0.1) is 5.82 Å². The number of nitrogens with one attached hydrogen (secondary N) is 1. The summed E-state index contributed by atoms with van der Waals surface area (Å²) in [5.41, 5.74) is 0.686. The minimum atomic E-state index is -1.14. The molecule has 10 nitrogen and oxygen atoms in total. The van der Waals surface area contributed by atoms with E-state index in [-0.39, 0.29) is 24.5 Å². The summed E-state index contributed by atoms with van der Waals surface area (Å²) in [5, 5.41) is 21.0. The van der Waals surface area contributed by atoms with Crippen molar-refractivity contribution >= 4 is 17.8 Å². The minimum Gasteiger partial charge on any atom is -0.446 e. The largest absolute Gasteiger partial charge is 0.446 e. The number of anilines is 1. The molecule has 0 spiro atoms. The SMILES string of the molecule is CC(C)(O)COC(=O)N1CCc2cc(F)c(C(=O)Nc3cccc(-c4nnc5n4CCCC5)n3)cc2C1. The van der Waals surface area contributed by atoms with E-state index >= 15 is 0 Å². The molecule has 5 rings (SSSR count). The fourth-order valence-electron chi connectivity index (χ4n) is 4.55. The molecule has 0 saturated heterocycles. The summed E-state index contributed by atoms with van der Waals surface area (Å²) in [6.07, 6.45) is 2.85. The third-order valence-electron chi connectivity index (χ3n) is 6.43. The van der Waals surface area contributed by atoms with E-state index in [1.165, 1.54) is 17.0 Å². The van der Waals surface area contributed by atoms with E-state index in [1.54, 1.807) is 32.0 Å². The Kier molecular flexibility index (Phi) is 6.63. The Balaban J connectivity index is 1.32. The van der Waals surface area contributed by atoms with Gasteiger partial charge in [-0.25, -0.2) is 14.2 Å². The number of hydrogen-bond donors (Lipinski definition) is 2. The number of amides is 2. The number of aliphatic hydroxyl groups is 1. The van der Waals surface area contributed by atoms with Crippen molar-refractivity contribution in [3.63, 3.8) is 0 Å². The van der Waals surface area contributed by atoms with Crippen molar-refractivity contribution in [3.8, 4) is 11.5 Å². The molecule has 4 heterocycles. The first kappa shape index (κ1) is 24.8. The monoisotopic (exact) mass is 508 g/mol. The fourth-order valence-corrected chi connectivity index (χ4v) is 4.55. The smallest absolute Gasteiger partial charge is 0.410 e. The average Bonchev–Trinajstić information content (AvgIpc) is 3.30. The van der Waals surface area contributed by atoms with Crippen LogP contribution in [0.2, 0.25) is 0 Å². The highest BCUT2D eigenvalue weighted by Crippen LogP contribution is 2.25. The summed E-state index contributed by atoms with van der Waals surface area (Å²) < 4.78 is 22.1. The summed E-state index contributed by atoms with van der Waals surface area (Å²) >= 11 is 0. The van der Waals surface area contributed by atoms with Gasteiger partial charge in [-0.1, -0.05) is 6.07 Å². The zero-order valence-corrected chi connectivity index (χ0v) is 20.8. The number of benzene rings is 1. The molecule has 2 amide bonds. The highest BCUT2D eigenvalue weighted by molar-refractivity contribution is 6.04. The predicted molar refractivity (Wildman–Crippen MR) is 132 cm³/mol. The van der Waals surface area contributed by atoms with E-state index < -0.39 is 23.4 Å². The maximum Gasteiger partial charge on any atom is 0.410 e. The molecule has 0 fully saturated rings. The van der Waals surface area contributed by atoms with Crippen molar-refractivity contribution in [3.05, 3.63) is 58.7 Å². The lowest BCUT2D eigenvalue weighted by Crippen LogP contribution is -2.39. The van der Waals surface area contributed by atoms with Gasteiger partial charge in [-0.05, 0) is 68.5 Å². The number of hydrogen-bond acceptors (Lipinski definition) is 7. The maximum absolute atomic E-state index is 14.9. The number of halogens is 1. The van der Waals surface area contributed by atoms with E-state index in [2.05, 4.69) is 20.5 Å². The average molecular weight is 509 g/mol. The molecule has 2 N–H and O–H groups in total. The second kappa shape index (κ2) is 9.89. The summed E-state index contributed by atoms with van der Waals surface area (Å²) in [5.74, 6) is 0.547. The van der Waals surface area contributed by atoms with Crippen LogP contribution in [0.1, 0.15) is 54.0 Å². The Morgan fingerprint density at radius 2 is 1.97 bits per heavy atom. The number of carbonyl (C=O) groups excluding carboxylic acids is 2. The van der Waals surface area contributed by atoms with Gasteiger partial charge in [0.15, 0.2) is 5.82 Å². The lowest BCUT2D eigenvalue weighted by molar-refractivity contribution is -0.00487. The van der Waals surface area contributed by atoms with E-state index in [0.717, 1.165) is 37.2 Å². The summed E-state index contributed by atoms with van der Waals surface area (Å²) in [6, 6.07) is 7.99. The molecule has 194 valence electrons. The third kappa shape index (κ3) is 5.46. The van der Waals surface area contributed by atoms with Crippen LogP contribution < -0.4 is 5.32 Å². The Morgan fingerprint density at radius 3 is 2.78 bits per heavy atom. The van der Waals surface area contributed by atoms with Crippen LogP contribution in [0.15, 0.2) is 30.3 Å². The molecule has 2 aromatic heterocycles. The molecule has 11 heteroatoms. The second-order valence-electron chi connectivity index (χ2n) is 10.1. The Hall–Kier alpha value is -3.86. The van der Waals surface area contributed by atoms with Gasteiger partial charge in [0.25, 0.3) is 5.91 Å². The van der Waals surface area contributed by atoms with Gasteiger partial charge >= 0.3 is 6.09 Å². The predicted octanol–water partition coefficient (Wildman–Crippen LogP) is 3.33. The van der Waals surface area contributed by atoms with E-state index in [0.29, 0.717) is 30.0 Å². The standard InChI is InChI=1S/C26H29FN6O4/c1-26(2,36)15-37-25(35)32-11-9-16-13-19(27)18(12-17(16)14-32)24(34)29-21-7-5-6-20(28-21)23-31-30-22-8-3-4-10-33(22)23/h5-7,12-13,36H,3-4,8-11,14-15H2,1-2H3,(H,28,29,34). The molecule has 0 atom stereocenters. The van der Waals surface area contributed by atoms with Gasteiger partial charge in [-0.2, -0.15) is 0 Å². The summed E-state index contributed by atoms with van der Waals surface area (Å²) in [6.45, 7) is 4.29. The number of ether oxygens (including phenoxy) is 1. The first-order chi connectivity index (χ1) is 17.7. The zero-order chi connectivity index (χ0) is 26.2. The molecule has 0 saturated carbocycles. The first-order valence-corrected chi connectivity index (χ1v) is 12.3. The van der Waals surface area contributed by atoms with Crippen LogP contribution in [0.5, 0.6) is 0 Å². The molecule has 2 aliphatic heterocycles. The Morgan fingerprint density at radius 1 is 1.14 bits per heavy atom. The molecular weight excluding hydrogens is 479 g/mol. The second-order valence-corrected chi connectivity index (χ2v) is 10.1. The normalized spacial score (nSPS) is 15.1. The zero-order valence-electron chi connectivity index (χ0n) is 20.8. The number of nitrogens with zero attached hydrogens (tertiary/aromatic N) is 5. The highest BCUT2D eigenvalue weighted by atomic mass is 19.1. The molecule has 37 heavy (non-hydrogen) atoms. The Bertz CT molecular complexity index is 1350. The third-order valence-corrected chi connectivity index (χ3v) is 6.43. The van der Waals surface area contributed by atoms with Crippen LogP contribution in [0.25, 0.3) is 11.5 Å². The number of aryl methyl sites for hydroxylation is 1. The minimum absolute atomic E-state index is 0.141. The van der Waals surface area contributed by atoms with Crippen LogP contribution in [0.3, 0.4) is 0 Å². The first-order valence-electron chi connectivity index (χ1n) is 12.3. The lowest BCUT2D eigenvalue weighted by Gasteiger charge is -2.29. The molecular formula is C26H29FN6O4. The molecule has 3 aromatic rings. The number of fused-ring (bicyclic) bond motifs is 2. The van der Waals surface area contributed by atoms with Crippen LogP contribution in [-0.2, 0) is 30.7 Å². The summed E-state index contributed by atoms with van der Waals surface area (Å²) in [4.78, 5) is 31.4. The lowest BCUT2D eigenvalue weighted by atomic mass is 9.96. The highest BCUT2D eigenvalue weighted by Gasteiger charge is 2.26. The van der Waals surface area contributed by atoms with Gasteiger partial charge in [0.2, 0.25) is 0 Å². The van der Waals surface area contributed by atoms with Crippen LogP contribution in [0.4, 0.5) is 15.0 Å². The molecule has 0 unspecified atom stereocenters. The van der Waals surface area contributed by atoms with E-state index in [9.17, 15) is 19.1 Å². The fraction of sp³-hybridized carbons (Fsp3) is 0.423. The van der Waals surface area contributed by atoms with Crippen molar-refractivity contribution < 1.29 is 23.8 Å². The van der Waals surface area contributed by atoms with E-state index in [1.807, 2.05) is 4.57 Å². The molecule has 0 bridgehead atoms. The van der Waals surface area contributed by atoms with Gasteiger partial charge in [-0.15, -0.1) is 10.2 Å². The summed E-state index contributed by atoms with van der Waals surface area (Å²) in [7, 11) is 0. The van der Waals surface area contributed by atoms with Crippen LogP contribution >= 0.6 is 0 Å². The number of pyridine rings is 1. The number of aromatic nitrogens is 4. The molecule has 2 aliphatic rings. The van der Waals surface area contributed by atoms with Crippen molar-refractivity contribution in [2.24, 2.45) is 0 Å². The quantitative estimate of drug-likeness (QED) is 0.542. The van der Waals surface area contributed by atoms with Crippen molar-refractivity contribution in [2.75, 3.05) is 18.5 Å². The topological polar surface area (TPSA) is 122 Å². The van der Waals surface area contributed by atoms with Gasteiger partial charge in [-0.3, -0.25) is 4.79 Å². The Labute approximate surface area is 213 Å². The van der Waals surface area contributed by atoms with Gasteiger partial charge < -0.3 is 24.6 Å². The molecule has 1 aromatic carbocycles. The van der Waals surface area contributed by atoms with Gasteiger partial charge in [0, 0.05) is 26.1 Å². The van der Waals surface area contributed by atoms with Gasteiger partial charge in [0.05, 0.1) is 11.2 Å².